The molecular formula is C16H13BrFNO4. The van der Waals surface area contributed by atoms with E-state index in [4.69, 9.17) is 9.47 Å². The zero-order valence-electron chi connectivity index (χ0n) is 12.4. The van der Waals surface area contributed by atoms with Gasteiger partial charge in [0.1, 0.15) is 11.5 Å². The first-order valence-corrected chi connectivity index (χ1v) is 7.29. The third-order valence-electron chi connectivity index (χ3n) is 3.06. The zero-order valence-corrected chi connectivity index (χ0v) is 14.0. The van der Waals surface area contributed by atoms with Crippen molar-refractivity contribution < 1.29 is 23.5 Å². The third-order valence-corrected chi connectivity index (χ3v) is 3.73. The molecule has 7 heteroatoms. The van der Waals surface area contributed by atoms with Gasteiger partial charge in [-0.3, -0.25) is 0 Å². The van der Waals surface area contributed by atoms with Gasteiger partial charge < -0.3 is 14.4 Å². The van der Waals surface area contributed by atoms with Crippen LogP contribution in [0.3, 0.4) is 0 Å². The Kier molecular flexibility index (Phi) is 5.33. The van der Waals surface area contributed by atoms with Gasteiger partial charge in [0, 0.05) is 10.7 Å². The molecule has 120 valence electrons. The van der Waals surface area contributed by atoms with Gasteiger partial charge in [0.05, 0.1) is 25.5 Å². The number of nitrogens with zero attached hydrogens (tertiary/aromatic N) is 1. The number of hydrogen-bond donors (Lipinski definition) is 0. The standard InChI is InChI=1S/C16H13BrFNO4/c1-22-15(20)11-5-3-4-8-19(14(11)16(21)23-2)13-9-10(18)6-7-12(13)17/h3-9H,1-2H3. The van der Waals surface area contributed by atoms with E-state index in [0.29, 0.717) is 10.2 Å². The molecule has 1 aromatic rings. The van der Waals surface area contributed by atoms with Crippen LogP contribution in [0.4, 0.5) is 10.1 Å². The lowest BCUT2D eigenvalue weighted by atomic mass is 10.1. The highest BCUT2D eigenvalue weighted by Crippen LogP contribution is 2.32. The number of ether oxygens (including phenoxy) is 2. The number of allylic oxidation sites excluding steroid dienone is 2. The Bertz CT molecular complexity index is 740. The normalized spacial score (nSPS) is 13.8. The van der Waals surface area contributed by atoms with E-state index < -0.39 is 17.8 Å². The van der Waals surface area contributed by atoms with E-state index in [-0.39, 0.29) is 11.3 Å². The van der Waals surface area contributed by atoms with Crippen molar-refractivity contribution in [2.24, 2.45) is 0 Å². The number of carbonyl (C=O) groups excluding carboxylic acids is 2. The molecule has 1 aliphatic rings. The first-order chi connectivity index (χ1) is 11.0. The van der Waals surface area contributed by atoms with E-state index in [1.165, 1.54) is 49.6 Å². The Morgan fingerprint density at radius 2 is 1.83 bits per heavy atom. The van der Waals surface area contributed by atoms with Crippen LogP contribution in [0.25, 0.3) is 0 Å². The summed E-state index contributed by atoms with van der Waals surface area (Å²) in [5, 5.41) is 0. The van der Waals surface area contributed by atoms with Crippen molar-refractivity contribution in [1.82, 2.24) is 0 Å². The van der Waals surface area contributed by atoms with Crippen molar-refractivity contribution in [3.8, 4) is 0 Å². The SMILES string of the molecule is COC(=O)C1=C(C(=O)OC)N(c2cc(F)ccc2Br)C=CC=C1. The van der Waals surface area contributed by atoms with Gasteiger partial charge in [0.15, 0.2) is 0 Å². The zero-order chi connectivity index (χ0) is 17.0. The molecule has 1 heterocycles. The molecule has 5 nitrogen and oxygen atoms in total. The van der Waals surface area contributed by atoms with Crippen molar-refractivity contribution in [3.05, 3.63) is 64.2 Å². The molecule has 0 saturated carbocycles. The van der Waals surface area contributed by atoms with Crippen LogP contribution < -0.4 is 4.90 Å². The lowest BCUT2D eigenvalue weighted by molar-refractivity contribution is -0.139. The van der Waals surface area contributed by atoms with Crippen molar-refractivity contribution >= 4 is 33.6 Å². The number of methoxy groups -OCH3 is 2. The van der Waals surface area contributed by atoms with Gasteiger partial charge in [0.25, 0.3) is 0 Å². The topological polar surface area (TPSA) is 55.8 Å². The van der Waals surface area contributed by atoms with E-state index in [2.05, 4.69) is 15.9 Å². The average Bonchev–Trinajstić information content (AvgIpc) is 2.78. The fourth-order valence-electron chi connectivity index (χ4n) is 2.02. The van der Waals surface area contributed by atoms with Crippen LogP contribution in [0.15, 0.2) is 58.4 Å². The number of rotatable bonds is 3. The van der Waals surface area contributed by atoms with Crippen LogP contribution in [0, 0.1) is 5.82 Å². The Balaban J connectivity index is 2.71. The summed E-state index contributed by atoms with van der Waals surface area (Å²) in [6, 6.07) is 4.01. The molecule has 0 atom stereocenters. The summed E-state index contributed by atoms with van der Waals surface area (Å²) in [6.45, 7) is 0. The minimum Gasteiger partial charge on any atom is -0.465 e. The van der Waals surface area contributed by atoms with Gasteiger partial charge in [-0.2, -0.15) is 0 Å². The van der Waals surface area contributed by atoms with Crippen molar-refractivity contribution in [1.29, 1.82) is 0 Å². The first-order valence-electron chi connectivity index (χ1n) is 6.49. The molecule has 2 rings (SSSR count). The molecule has 0 saturated heterocycles. The number of carbonyl (C=O) groups is 2. The minimum atomic E-state index is -0.752. The smallest absolute Gasteiger partial charge is 0.355 e. The lowest BCUT2D eigenvalue weighted by Gasteiger charge is -2.24. The molecule has 1 aliphatic heterocycles. The Hall–Kier alpha value is -2.41. The van der Waals surface area contributed by atoms with Crippen LogP contribution in [0.5, 0.6) is 0 Å². The molecule has 0 aromatic heterocycles. The van der Waals surface area contributed by atoms with Crippen molar-refractivity contribution in [3.63, 3.8) is 0 Å². The van der Waals surface area contributed by atoms with Crippen LogP contribution in [0.2, 0.25) is 0 Å². The Morgan fingerprint density at radius 1 is 1.13 bits per heavy atom. The predicted octanol–water partition coefficient (Wildman–Crippen LogP) is 3.08. The van der Waals surface area contributed by atoms with Gasteiger partial charge in [-0.15, -0.1) is 0 Å². The van der Waals surface area contributed by atoms with Crippen LogP contribution in [-0.2, 0) is 19.1 Å². The second-order valence-corrected chi connectivity index (χ2v) is 5.27. The summed E-state index contributed by atoms with van der Waals surface area (Å²) >= 11 is 3.31. The fourth-order valence-corrected chi connectivity index (χ4v) is 2.46. The molecule has 0 radical (unpaired) electrons. The quantitative estimate of drug-likeness (QED) is 0.753. The summed E-state index contributed by atoms with van der Waals surface area (Å²) in [5.74, 6) is -1.95. The largest absolute Gasteiger partial charge is 0.465 e. The molecule has 1 aromatic carbocycles. The average molecular weight is 382 g/mol. The second kappa shape index (κ2) is 7.23. The summed E-state index contributed by atoms with van der Waals surface area (Å²) in [6.07, 6.45) is 6.14. The number of halogens is 2. The maximum Gasteiger partial charge on any atom is 0.355 e. The van der Waals surface area contributed by atoms with Gasteiger partial charge in [-0.25, -0.2) is 14.0 Å². The molecule has 0 amide bonds. The van der Waals surface area contributed by atoms with Gasteiger partial charge in [-0.05, 0) is 46.3 Å². The first kappa shape index (κ1) is 17.0. The van der Waals surface area contributed by atoms with Crippen molar-refractivity contribution in [2.75, 3.05) is 19.1 Å². The maximum atomic E-state index is 13.6. The molecule has 0 unspecified atom stereocenters. The molecule has 0 bridgehead atoms. The third kappa shape index (κ3) is 3.50. The van der Waals surface area contributed by atoms with Crippen molar-refractivity contribution in [2.45, 2.75) is 0 Å². The second-order valence-electron chi connectivity index (χ2n) is 4.41. The molecule has 0 spiro atoms. The predicted molar refractivity (Wildman–Crippen MR) is 85.9 cm³/mol. The number of anilines is 1. The highest BCUT2D eigenvalue weighted by Gasteiger charge is 2.28. The fraction of sp³-hybridized carbons (Fsp3) is 0.125. The maximum absolute atomic E-state index is 13.6. The summed E-state index contributed by atoms with van der Waals surface area (Å²) in [4.78, 5) is 25.6. The van der Waals surface area contributed by atoms with Crippen LogP contribution >= 0.6 is 15.9 Å². The summed E-state index contributed by atoms with van der Waals surface area (Å²) in [5.41, 5.74) is 0.267. The number of benzene rings is 1. The Morgan fingerprint density at radius 3 is 2.48 bits per heavy atom. The van der Waals surface area contributed by atoms with E-state index in [9.17, 15) is 14.0 Å². The minimum absolute atomic E-state index is 0.000473. The number of hydrogen-bond acceptors (Lipinski definition) is 5. The van der Waals surface area contributed by atoms with Gasteiger partial charge in [-0.1, -0.05) is 6.08 Å². The van der Waals surface area contributed by atoms with E-state index in [1.807, 2.05) is 0 Å². The summed E-state index contributed by atoms with van der Waals surface area (Å²) in [7, 11) is 2.40. The number of esters is 2. The lowest BCUT2D eigenvalue weighted by Crippen LogP contribution is -2.27. The molecular weight excluding hydrogens is 369 g/mol. The molecule has 0 aliphatic carbocycles. The van der Waals surface area contributed by atoms with E-state index in [0.717, 1.165) is 0 Å². The molecule has 0 fully saturated rings. The highest BCUT2D eigenvalue weighted by molar-refractivity contribution is 9.10. The highest BCUT2D eigenvalue weighted by atomic mass is 79.9. The van der Waals surface area contributed by atoms with Gasteiger partial charge >= 0.3 is 11.9 Å². The van der Waals surface area contributed by atoms with E-state index in [1.54, 1.807) is 12.2 Å². The van der Waals surface area contributed by atoms with Crippen LogP contribution in [-0.4, -0.2) is 26.2 Å². The van der Waals surface area contributed by atoms with Gasteiger partial charge in [0.2, 0.25) is 0 Å². The monoisotopic (exact) mass is 381 g/mol. The molecule has 0 N–H and O–H groups in total. The Labute approximate surface area is 140 Å². The summed E-state index contributed by atoms with van der Waals surface area (Å²) < 4.78 is 23.6. The van der Waals surface area contributed by atoms with Crippen LogP contribution in [0.1, 0.15) is 0 Å². The van der Waals surface area contributed by atoms with E-state index >= 15 is 0 Å². The molecule has 23 heavy (non-hydrogen) atoms.